The monoisotopic (exact) mass is 498 g/mol. The molecule has 10 heteroatoms. The minimum Gasteiger partial charge on any atom is -0.488 e. The van der Waals surface area contributed by atoms with Crippen molar-refractivity contribution in [2.24, 2.45) is 0 Å². The van der Waals surface area contributed by atoms with E-state index in [4.69, 9.17) is 9.26 Å². The molecule has 6 rings (SSSR count). The van der Waals surface area contributed by atoms with Crippen molar-refractivity contribution in [3.8, 4) is 5.75 Å². The molecule has 9 nitrogen and oxygen atoms in total. The fourth-order valence-corrected chi connectivity index (χ4v) is 4.81. The zero-order chi connectivity index (χ0) is 25.5. The number of benzene rings is 2. The van der Waals surface area contributed by atoms with Gasteiger partial charge in [-0.05, 0) is 53.8 Å². The van der Waals surface area contributed by atoms with Crippen LogP contribution in [0.1, 0.15) is 54.2 Å². The van der Waals surface area contributed by atoms with Gasteiger partial charge in [0.1, 0.15) is 24.0 Å². The summed E-state index contributed by atoms with van der Waals surface area (Å²) < 4.78 is 27.0. The molecule has 0 spiro atoms. The number of aromatic nitrogens is 6. The molecule has 186 valence electrons. The molecular formula is C27H23FN6O3. The van der Waals surface area contributed by atoms with Gasteiger partial charge in [-0.25, -0.2) is 24.1 Å². The molecule has 2 aromatic carbocycles. The van der Waals surface area contributed by atoms with Gasteiger partial charge in [0.15, 0.2) is 17.1 Å². The average Bonchev–Trinajstić information content (AvgIpc) is 3.44. The number of nitrogens with zero attached hydrogens (tertiary/aromatic N) is 5. The van der Waals surface area contributed by atoms with Crippen LogP contribution in [0.15, 0.2) is 58.1 Å². The molecule has 5 aromatic rings. The second kappa shape index (κ2) is 9.12. The number of aryl methyl sites for hydroxylation is 1. The maximum Gasteiger partial charge on any atom is 0.439 e. The molecule has 0 aliphatic carbocycles. The molecule has 37 heavy (non-hydrogen) atoms. The van der Waals surface area contributed by atoms with E-state index >= 15 is 0 Å². The minimum atomic E-state index is -0.645. The van der Waals surface area contributed by atoms with Crippen molar-refractivity contribution in [3.63, 3.8) is 0 Å². The number of hydrogen-bond acceptors (Lipinski definition) is 7. The maximum atomic E-state index is 14.1. The molecule has 0 radical (unpaired) electrons. The molecule has 3 aromatic heterocycles. The second-order valence-electron chi connectivity index (χ2n) is 8.93. The van der Waals surface area contributed by atoms with Crippen molar-refractivity contribution in [1.29, 1.82) is 0 Å². The van der Waals surface area contributed by atoms with Gasteiger partial charge in [-0.1, -0.05) is 24.2 Å². The first-order valence-corrected chi connectivity index (χ1v) is 12.0. The van der Waals surface area contributed by atoms with Gasteiger partial charge in [0.2, 0.25) is 0 Å². The van der Waals surface area contributed by atoms with Crippen LogP contribution in [0.2, 0.25) is 0 Å². The summed E-state index contributed by atoms with van der Waals surface area (Å²) in [5, 5.41) is 3.87. The van der Waals surface area contributed by atoms with E-state index in [1.807, 2.05) is 19.1 Å². The van der Waals surface area contributed by atoms with Gasteiger partial charge >= 0.3 is 5.76 Å². The third-order valence-corrected chi connectivity index (χ3v) is 6.48. The highest BCUT2D eigenvalue weighted by Crippen LogP contribution is 2.41. The Bertz CT molecular complexity index is 1730. The van der Waals surface area contributed by atoms with E-state index in [0.717, 1.165) is 46.6 Å². The molecule has 0 atom stereocenters. The Labute approximate surface area is 210 Å². The quantitative estimate of drug-likeness (QED) is 0.379. The van der Waals surface area contributed by atoms with Crippen LogP contribution in [0.25, 0.3) is 22.4 Å². The molecule has 0 amide bonds. The second-order valence-corrected chi connectivity index (χ2v) is 8.93. The predicted octanol–water partition coefficient (Wildman–Crippen LogP) is 4.51. The summed E-state index contributed by atoms with van der Waals surface area (Å²) in [5.41, 5.74) is 6.39. The van der Waals surface area contributed by atoms with Crippen LogP contribution < -0.4 is 10.5 Å². The lowest BCUT2D eigenvalue weighted by Crippen LogP contribution is -2.07. The third-order valence-electron chi connectivity index (χ3n) is 6.48. The first-order chi connectivity index (χ1) is 18.0. The zero-order valence-electron chi connectivity index (χ0n) is 20.3. The molecule has 0 saturated carbocycles. The van der Waals surface area contributed by atoms with Crippen LogP contribution in [0, 0.1) is 5.82 Å². The number of fused-ring (bicyclic) bond motifs is 3. The molecule has 0 bridgehead atoms. The summed E-state index contributed by atoms with van der Waals surface area (Å²) in [6.07, 6.45) is 5.09. The highest BCUT2D eigenvalue weighted by Gasteiger charge is 2.24. The maximum absolute atomic E-state index is 14.1. The average molecular weight is 499 g/mol. The summed E-state index contributed by atoms with van der Waals surface area (Å²) in [7, 11) is 0. The Morgan fingerprint density at radius 3 is 2.78 bits per heavy atom. The van der Waals surface area contributed by atoms with E-state index in [1.165, 1.54) is 12.1 Å². The Morgan fingerprint density at radius 2 is 1.97 bits per heavy atom. The normalized spacial score (nSPS) is 14.1. The number of ether oxygens (including phenoxy) is 1. The first-order valence-electron chi connectivity index (χ1n) is 12.0. The highest BCUT2D eigenvalue weighted by atomic mass is 19.1. The van der Waals surface area contributed by atoms with Crippen LogP contribution in [-0.4, -0.2) is 29.7 Å². The smallest absolute Gasteiger partial charge is 0.439 e. The van der Waals surface area contributed by atoms with E-state index in [0.29, 0.717) is 34.9 Å². The van der Waals surface area contributed by atoms with Gasteiger partial charge < -0.3 is 9.30 Å². The molecule has 0 unspecified atom stereocenters. The van der Waals surface area contributed by atoms with E-state index in [2.05, 4.69) is 42.6 Å². The molecule has 1 aliphatic heterocycles. The largest absolute Gasteiger partial charge is 0.488 e. The standard InChI is InChI=1S/C27H23FN6O3/c1-3-4-22-31-25-26(30-10-9-29-25)34(22)13-16-5-7-19-17(11-16)14-36-21-12-18(28)6-8-20(21)23(19)15(2)24-32-27(35)37-33-24/h5-12H,3-4,13-14H2,1-2H3,(H,32,33,35)/b23-15+. The molecular weight excluding hydrogens is 475 g/mol. The summed E-state index contributed by atoms with van der Waals surface area (Å²) in [6, 6.07) is 10.6. The highest BCUT2D eigenvalue weighted by molar-refractivity contribution is 5.99. The predicted molar refractivity (Wildman–Crippen MR) is 134 cm³/mol. The van der Waals surface area contributed by atoms with Gasteiger partial charge in [-0.3, -0.25) is 9.51 Å². The van der Waals surface area contributed by atoms with Gasteiger partial charge in [0.25, 0.3) is 0 Å². The van der Waals surface area contributed by atoms with Crippen molar-refractivity contribution < 1.29 is 13.7 Å². The fraction of sp³-hybridized carbons (Fsp3) is 0.222. The number of allylic oxidation sites excluding steroid dienone is 1. The van der Waals surface area contributed by atoms with Crippen LogP contribution in [0.4, 0.5) is 4.39 Å². The molecule has 1 aliphatic rings. The van der Waals surface area contributed by atoms with E-state index < -0.39 is 11.6 Å². The lowest BCUT2D eigenvalue weighted by atomic mass is 9.89. The zero-order valence-corrected chi connectivity index (χ0v) is 20.3. The van der Waals surface area contributed by atoms with Crippen molar-refractivity contribution in [2.75, 3.05) is 0 Å². The molecule has 0 fully saturated rings. The SMILES string of the molecule is CCCc1nc2nccnc2n1Cc1ccc2c(c1)COc1cc(F)ccc1/C2=C(\C)c1noc(=O)[nH]1. The summed E-state index contributed by atoms with van der Waals surface area (Å²) >= 11 is 0. The minimum absolute atomic E-state index is 0.248. The van der Waals surface area contributed by atoms with Gasteiger partial charge in [0, 0.05) is 36.0 Å². The van der Waals surface area contributed by atoms with Crippen LogP contribution in [0.5, 0.6) is 5.75 Å². The molecule has 1 N–H and O–H groups in total. The number of halogens is 1. The Balaban J connectivity index is 1.48. The van der Waals surface area contributed by atoms with Crippen LogP contribution in [0.3, 0.4) is 0 Å². The Hall–Kier alpha value is -4.60. The van der Waals surface area contributed by atoms with Crippen molar-refractivity contribution in [1.82, 2.24) is 29.7 Å². The van der Waals surface area contributed by atoms with E-state index in [1.54, 1.807) is 18.5 Å². The van der Waals surface area contributed by atoms with Gasteiger partial charge in [-0.2, -0.15) is 0 Å². The number of aromatic amines is 1. The van der Waals surface area contributed by atoms with Crippen LogP contribution >= 0.6 is 0 Å². The van der Waals surface area contributed by atoms with Crippen LogP contribution in [-0.2, 0) is 19.6 Å². The number of H-pyrrole nitrogens is 1. The number of rotatable bonds is 5. The summed E-state index contributed by atoms with van der Waals surface area (Å²) in [4.78, 5) is 27.8. The summed E-state index contributed by atoms with van der Waals surface area (Å²) in [5.74, 6) is 0.616. The lowest BCUT2D eigenvalue weighted by molar-refractivity contribution is 0.305. The molecule has 4 heterocycles. The third kappa shape index (κ3) is 4.10. The van der Waals surface area contributed by atoms with E-state index in [9.17, 15) is 9.18 Å². The topological polar surface area (TPSA) is 112 Å². The fourth-order valence-electron chi connectivity index (χ4n) is 4.81. The lowest BCUT2D eigenvalue weighted by Gasteiger charge is -2.15. The van der Waals surface area contributed by atoms with Gasteiger partial charge in [0.05, 0.1) is 6.54 Å². The van der Waals surface area contributed by atoms with E-state index in [-0.39, 0.29) is 6.61 Å². The summed E-state index contributed by atoms with van der Waals surface area (Å²) in [6.45, 7) is 4.77. The Kier molecular flexibility index (Phi) is 5.63. The van der Waals surface area contributed by atoms with Gasteiger partial charge in [-0.15, -0.1) is 0 Å². The first kappa shape index (κ1) is 22.8. The Morgan fingerprint density at radius 1 is 1.14 bits per heavy atom. The number of imidazole rings is 1. The number of nitrogens with one attached hydrogen (secondary N) is 1. The van der Waals surface area contributed by atoms with Crippen molar-refractivity contribution in [3.05, 3.63) is 99.1 Å². The van der Waals surface area contributed by atoms with Crippen molar-refractivity contribution >= 4 is 22.4 Å². The number of hydrogen-bond donors (Lipinski definition) is 1. The molecule has 0 saturated heterocycles. The van der Waals surface area contributed by atoms with Crippen molar-refractivity contribution in [2.45, 2.75) is 39.8 Å².